The van der Waals surface area contributed by atoms with Crippen LogP contribution in [-0.4, -0.2) is 9.97 Å². The molecule has 68 heavy (non-hydrogen) atoms. The van der Waals surface area contributed by atoms with Crippen LogP contribution in [0.5, 0.6) is 0 Å². The first kappa shape index (κ1) is 27.4. The zero-order valence-electron chi connectivity index (χ0n) is 49.6. The quantitative estimate of drug-likeness (QED) is 0.155. The number of nitrogens with zero attached hydrogens (tertiary/aromatic N) is 2. The van der Waals surface area contributed by atoms with E-state index in [0.29, 0.717) is 31.7 Å². The normalized spacial score (nSPS) is 14.7. The van der Waals surface area contributed by atoms with Crippen molar-refractivity contribution in [2.24, 2.45) is 0 Å². The third-order valence-corrected chi connectivity index (χ3v) is 15.0. The summed E-state index contributed by atoms with van der Waals surface area (Å²) in [6, 6.07) is 40.3. The van der Waals surface area contributed by atoms with Crippen LogP contribution in [0.25, 0.3) is 140 Å². The lowest BCUT2D eigenvalue weighted by atomic mass is 9.91. The van der Waals surface area contributed by atoms with Crippen LogP contribution in [0.4, 0.5) is 0 Å². The highest BCUT2D eigenvalue weighted by molar-refractivity contribution is 7.26. The fourth-order valence-electron chi connectivity index (χ4n) is 9.57. The van der Waals surface area contributed by atoms with E-state index in [1.165, 1.54) is 0 Å². The first-order valence-electron chi connectivity index (χ1n) is 28.9. The van der Waals surface area contributed by atoms with E-state index in [2.05, 4.69) is 60.7 Å². The standard InChI is InChI=1S/C64H38N2S2/c1-3-25-59-51(19-1)55-23-9-21-49(63(55)67-59)47-17-7-15-43(35-47)39-11-5-13-41(33-39)45-27-29-53-57(37-45)58-38-46(28-30-54(58)62-61(53)65-31-32-66-62)42-14-6-12-40(34-42)44-16-8-18-48(36-44)50-22-10-24-56-52-20-2-4-26-60(52)68-64(50)56/h1-38H/i1D,2D,3D,4D,9D,10D,19D,20D,21D,22D,23D,24D,25D,26D. The molecular formula is C64H38N2S2. The first-order valence-corrected chi connectivity index (χ1v) is 23.5. The highest BCUT2D eigenvalue weighted by Crippen LogP contribution is 2.44. The highest BCUT2D eigenvalue weighted by atomic mass is 32.1. The predicted octanol–water partition coefficient (Wildman–Crippen LogP) is 18.7. The minimum absolute atomic E-state index is 0.158. The molecule has 0 bridgehead atoms. The van der Waals surface area contributed by atoms with Crippen molar-refractivity contribution in [2.45, 2.75) is 0 Å². The van der Waals surface area contributed by atoms with Gasteiger partial charge in [-0.05, 0) is 126 Å². The van der Waals surface area contributed by atoms with Gasteiger partial charge in [-0.2, -0.15) is 0 Å². The van der Waals surface area contributed by atoms with Crippen molar-refractivity contribution < 1.29 is 19.2 Å². The van der Waals surface area contributed by atoms with Crippen molar-refractivity contribution in [2.75, 3.05) is 0 Å². The second kappa shape index (κ2) is 15.7. The minimum atomic E-state index is -0.413. The predicted molar refractivity (Wildman–Crippen MR) is 293 cm³/mol. The molecule has 3 aromatic heterocycles. The average molecular weight is 913 g/mol. The van der Waals surface area contributed by atoms with Crippen LogP contribution in [0.15, 0.2) is 230 Å². The molecule has 0 saturated carbocycles. The van der Waals surface area contributed by atoms with Gasteiger partial charge in [-0.3, -0.25) is 9.97 Å². The summed E-state index contributed by atoms with van der Waals surface area (Å²) in [6.07, 6.45) is 3.40. The molecule has 0 saturated heterocycles. The molecule has 3 heterocycles. The van der Waals surface area contributed by atoms with Crippen LogP contribution in [0.1, 0.15) is 19.2 Å². The molecule has 11 aromatic carbocycles. The molecule has 0 aliphatic heterocycles. The van der Waals surface area contributed by atoms with Gasteiger partial charge >= 0.3 is 0 Å². The van der Waals surface area contributed by atoms with Gasteiger partial charge in [0.25, 0.3) is 0 Å². The molecule has 0 aliphatic rings. The van der Waals surface area contributed by atoms with E-state index in [4.69, 9.17) is 29.2 Å². The van der Waals surface area contributed by atoms with Crippen LogP contribution >= 0.6 is 22.7 Å². The first-order chi connectivity index (χ1) is 39.5. The van der Waals surface area contributed by atoms with Crippen molar-refractivity contribution in [3.63, 3.8) is 0 Å². The molecule has 0 unspecified atom stereocenters. The van der Waals surface area contributed by atoms with Gasteiger partial charge in [-0.1, -0.05) is 170 Å². The summed E-state index contributed by atoms with van der Waals surface area (Å²) in [6.45, 7) is 0. The summed E-state index contributed by atoms with van der Waals surface area (Å²) in [5.74, 6) is 0. The summed E-state index contributed by atoms with van der Waals surface area (Å²) in [5, 5.41) is 4.66. The maximum absolute atomic E-state index is 9.12. The van der Waals surface area contributed by atoms with Crippen molar-refractivity contribution in [1.82, 2.24) is 9.97 Å². The zero-order chi connectivity index (χ0) is 56.9. The molecule has 0 N–H and O–H groups in total. The van der Waals surface area contributed by atoms with E-state index >= 15 is 0 Å². The van der Waals surface area contributed by atoms with Crippen molar-refractivity contribution in [3.8, 4) is 66.8 Å². The van der Waals surface area contributed by atoms with E-state index in [1.54, 1.807) is 12.4 Å². The SMILES string of the molecule is [2H]c1c([2H])c([2H])c2c(sc3c(-c4cccc(-c5cccc(-c6ccc7c(c6)c6cc(-c8cccc(-c9cccc(-c%10c([2H])c([2H])c([2H])c%11c%10sc%10c([2H])c([2H])c([2H])c([2H])c%10%11)c9)c8)ccc6c6nccnc76)c5)c4)c([2H])c([2H])c([2H])c32)c1[2H]. The topological polar surface area (TPSA) is 25.8 Å². The number of fused-ring (bicyclic) bond motifs is 12. The Balaban J connectivity index is 0.856. The maximum atomic E-state index is 9.12. The maximum Gasteiger partial charge on any atom is 0.0971 e. The third kappa shape index (κ3) is 6.37. The molecular weight excluding hydrogens is 861 g/mol. The summed E-state index contributed by atoms with van der Waals surface area (Å²) in [7, 11) is 0. The van der Waals surface area contributed by atoms with Gasteiger partial charge in [0.15, 0.2) is 0 Å². The Morgan fingerprint density at radius 1 is 0.294 bits per heavy atom. The molecule has 316 valence electrons. The minimum Gasteiger partial charge on any atom is -0.252 e. The summed E-state index contributed by atoms with van der Waals surface area (Å²) >= 11 is 2.23. The van der Waals surface area contributed by atoms with Crippen LogP contribution in [-0.2, 0) is 0 Å². The van der Waals surface area contributed by atoms with Gasteiger partial charge in [0.05, 0.1) is 30.2 Å². The van der Waals surface area contributed by atoms with Gasteiger partial charge in [0.2, 0.25) is 0 Å². The Morgan fingerprint density at radius 3 is 1.07 bits per heavy atom. The lowest BCUT2D eigenvalue weighted by Crippen LogP contribution is -1.90. The second-order valence-electron chi connectivity index (χ2n) is 16.6. The molecule has 2 nitrogen and oxygen atoms in total. The molecule has 0 radical (unpaired) electrons. The Morgan fingerprint density at radius 2 is 0.647 bits per heavy atom. The van der Waals surface area contributed by atoms with Gasteiger partial charge in [0.1, 0.15) is 0 Å². The molecule has 14 aromatic rings. The molecule has 0 spiro atoms. The fraction of sp³-hybridized carbons (Fsp3) is 0. The van der Waals surface area contributed by atoms with Crippen molar-refractivity contribution in [3.05, 3.63) is 230 Å². The number of hydrogen-bond acceptors (Lipinski definition) is 4. The Bertz CT molecular complexity index is 4870. The molecule has 14 rings (SSSR count). The van der Waals surface area contributed by atoms with E-state index in [-0.39, 0.29) is 103 Å². The number of aromatic nitrogens is 2. The number of rotatable bonds is 6. The Hall–Kier alpha value is -8.28. The second-order valence-corrected chi connectivity index (χ2v) is 18.7. The fourth-order valence-corrected chi connectivity index (χ4v) is 11.7. The van der Waals surface area contributed by atoms with Gasteiger partial charge in [0, 0.05) is 63.5 Å². The van der Waals surface area contributed by atoms with Crippen molar-refractivity contribution in [1.29, 1.82) is 0 Å². The van der Waals surface area contributed by atoms with E-state index in [9.17, 15) is 0 Å². The molecule has 0 aliphatic carbocycles. The monoisotopic (exact) mass is 912 g/mol. The number of hydrogen-bond donors (Lipinski definition) is 0. The highest BCUT2D eigenvalue weighted by Gasteiger charge is 2.16. The van der Waals surface area contributed by atoms with E-state index < -0.39 is 12.1 Å². The molecule has 0 amide bonds. The largest absolute Gasteiger partial charge is 0.252 e. The summed E-state index contributed by atoms with van der Waals surface area (Å²) in [5.41, 5.74) is 10.8. The smallest absolute Gasteiger partial charge is 0.0971 e. The average Bonchev–Trinajstić information content (AvgIpc) is 3.06. The van der Waals surface area contributed by atoms with Crippen LogP contribution < -0.4 is 0 Å². The lowest BCUT2D eigenvalue weighted by molar-refractivity contribution is 1.31. The lowest BCUT2D eigenvalue weighted by Gasteiger charge is -2.14. The molecule has 0 atom stereocenters. The van der Waals surface area contributed by atoms with Gasteiger partial charge in [-0.25, -0.2) is 0 Å². The molecule has 0 fully saturated rings. The van der Waals surface area contributed by atoms with E-state index in [0.717, 1.165) is 99.8 Å². The number of benzene rings is 11. The zero-order valence-corrected chi connectivity index (χ0v) is 37.2. The van der Waals surface area contributed by atoms with Crippen LogP contribution in [0.2, 0.25) is 0 Å². The summed E-state index contributed by atoms with van der Waals surface area (Å²) < 4.78 is 123. The van der Waals surface area contributed by atoms with Gasteiger partial charge in [-0.15, -0.1) is 22.7 Å². The summed E-state index contributed by atoms with van der Waals surface area (Å²) in [4.78, 5) is 9.66. The Kier molecular flexibility index (Phi) is 6.31. The van der Waals surface area contributed by atoms with Crippen molar-refractivity contribution >= 4 is 95.6 Å². The third-order valence-electron chi connectivity index (χ3n) is 12.8. The van der Waals surface area contributed by atoms with Crippen LogP contribution in [0.3, 0.4) is 0 Å². The van der Waals surface area contributed by atoms with Gasteiger partial charge < -0.3 is 0 Å². The number of thiophene rings is 2. The van der Waals surface area contributed by atoms with Crippen LogP contribution in [0, 0.1) is 0 Å². The van der Waals surface area contributed by atoms with E-state index in [1.807, 2.05) is 72.8 Å². The molecule has 4 heteroatoms. The Labute approximate surface area is 420 Å².